The number of aromatic nitrogens is 2. The Labute approximate surface area is 181 Å². The van der Waals surface area contributed by atoms with Gasteiger partial charge in [0.15, 0.2) is 0 Å². The molecule has 0 saturated carbocycles. The van der Waals surface area contributed by atoms with E-state index >= 15 is 0 Å². The van der Waals surface area contributed by atoms with Crippen LogP contribution in [0.4, 0.5) is 10.1 Å². The molecular formula is C22H18FN3O2S2. The van der Waals surface area contributed by atoms with E-state index in [0.717, 1.165) is 21.3 Å². The summed E-state index contributed by atoms with van der Waals surface area (Å²) >= 11 is 2.84. The fraction of sp³-hybridized carbons (Fsp3) is 0.136. The van der Waals surface area contributed by atoms with Gasteiger partial charge in [-0.25, -0.2) is 14.4 Å². The van der Waals surface area contributed by atoms with Crippen LogP contribution in [0.3, 0.4) is 0 Å². The molecule has 0 radical (unpaired) electrons. The molecule has 152 valence electrons. The smallest absolute Gasteiger partial charge is 0.234 e. The number of carbonyl (C=O) groups is 1. The molecule has 0 aliphatic heterocycles. The van der Waals surface area contributed by atoms with Gasteiger partial charge in [0.1, 0.15) is 27.8 Å². The quantitative estimate of drug-likeness (QED) is 0.299. The first-order valence-electron chi connectivity index (χ1n) is 9.28. The monoisotopic (exact) mass is 439 g/mol. The molecule has 30 heavy (non-hydrogen) atoms. The molecule has 0 unspecified atom stereocenters. The highest BCUT2D eigenvalue weighted by atomic mass is 32.2. The highest BCUT2D eigenvalue weighted by Gasteiger charge is 2.15. The van der Waals surface area contributed by atoms with Gasteiger partial charge in [-0.2, -0.15) is 0 Å². The zero-order chi connectivity index (χ0) is 20.9. The molecule has 0 aliphatic rings. The normalized spacial score (nSPS) is 10.9. The van der Waals surface area contributed by atoms with Crippen LogP contribution in [0.15, 0.2) is 65.3 Å². The van der Waals surface area contributed by atoms with Crippen LogP contribution in [0.1, 0.15) is 6.92 Å². The third-order valence-corrected chi connectivity index (χ3v) is 6.17. The van der Waals surface area contributed by atoms with Gasteiger partial charge in [0.2, 0.25) is 5.91 Å². The maximum atomic E-state index is 13.3. The Morgan fingerprint density at radius 3 is 2.77 bits per heavy atom. The first kappa shape index (κ1) is 20.3. The fourth-order valence-electron chi connectivity index (χ4n) is 2.97. The van der Waals surface area contributed by atoms with Crippen LogP contribution in [0.2, 0.25) is 0 Å². The minimum atomic E-state index is -0.284. The van der Waals surface area contributed by atoms with E-state index in [9.17, 15) is 9.18 Å². The van der Waals surface area contributed by atoms with Crippen molar-refractivity contribution in [1.29, 1.82) is 0 Å². The van der Waals surface area contributed by atoms with Gasteiger partial charge in [-0.05, 0) is 36.8 Å². The molecular weight excluding hydrogens is 421 g/mol. The van der Waals surface area contributed by atoms with Crippen LogP contribution in [-0.2, 0) is 4.79 Å². The Balaban J connectivity index is 1.54. The van der Waals surface area contributed by atoms with Gasteiger partial charge in [0.25, 0.3) is 0 Å². The Bertz CT molecular complexity index is 1180. The average Bonchev–Trinajstić information content (AvgIpc) is 3.19. The van der Waals surface area contributed by atoms with Crippen molar-refractivity contribution >= 4 is 44.9 Å². The minimum Gasteiger partial charge on any atom is -0.492 e. The Hall–Kier alpha value is -2.97. The van der Waals surface area contributed by atoms with Crippen molar-refractivity contribution in [2.45, 2.75) is 11.9 Å². The summed E-state index contributed by atoms with van der Waals surface area (Å²) in [5.74, 6) is 0.385. The SMILES string of the molecule is CCOc1ccccc1NC(=O)CSc1ncnc2scc(-c3ccc(F)cc3)c12. The number of carbonyl (C=O) groups excluding carboxylic acids is 1. The summed E-state index contributed by atoms with van der Waals surface area (Å²) in [5.41, 5.74) is 2.45. The molecule has 1 N–H and O–H groups in total. The summed E-state index contributed by atoms with van der Waals surface area (Å²) in [6.45, 7) is 2.42. The molecule has 0 atom stereocenters. The predicted octanol–water partition coefficient (Wildman–Crippen LogP) is 5.63. The van der Waals surface area contributed by atoms with E-state index < -0.39 is 0 Å². The molecule has 0 aliphatic carbocycles. The van der Waals surface area contributed by atoms with Gasteiger partial charge in [-0.1, -0.05) is 36.0 Å². The molecule has 0 spiro atoms. The van der Waals surface area contributed by atoms with E-state index in [4.69, 9.17) is 4.74 Å². The largest absolute Gasteiger partial charge is 0.492 e. The zero-order valence-electron chi connectivity index (χ0n) is 16.1. The molecule has 2 heterocycles. The third kappa shape index (κ3) is 4.44. The maximum Gasteiger partial charge on any atom is 0.234 e. The first-order chi connectivity index (χ1) is 14.7. The van der Waals surface area contributed by atoms with Crippen molar-refractivity contribution < 1.29 is 13.9 Å². The number of rotatable bonds is 7. The zero-order valence-corrected chi connectivity index (χ0v) is 17.7. The van der Waals surface area contributed by atoms with E-state index in [2.05, 4.69) is 15.3 Å². The first-order valence-corrected chi connectivity index (χ1v) is 11.1. The van der Waals surface area contributed by atoms with Crippen LogP contribution >= 0.6 is 23.1 Å². The number of hydrogen-bond donors (Lipinski definition) is 1. The molecule has 4 aromatic rings. The highest BCUT2D eigenvalue weighted by molar-refractivity contribution is 8.00. The molecule has 0 fully saturated rings. The van der Waals surface area contributed by atoms with Gasteiger partial charge in [0, 0.05) is 10.9 Å². The second kappa shape index (κ2) is 9.23. The summed E-state index contributed by atoms with van der Waals surface area (Å²) in [6, 6.07) is 13.7. The number of benzene rings is 2. The summed E-state index contributed by atoms with van der Waals surface area (Å²) in [4.78, 5) is 22.1. The number of para-hydroxylation sites is 2. The number of fused-ring (bicyclic) bond motifs is 1. The number of nitrogens with one attached hydrogen (secondary N) is 1. The van der Waals surface area contributed by atoms with Crippen molar-refractivity contribution in [2.24, 2.45) is 0 Å². The number of hydrogen-bond acceptors (Lipinski definition) is 6. The van der Waals surface area contributed by atoms with Gasteiger partial charge < -0.3 is 10.1 Å². The number of amides is 1. The van der Waals surface area contributed by atoms with E-state index in [1.54, 1.807) is 12.1 Å². The number of anilines is 1. The Morgan fingerprint density at radius 2 is 1.97 bits per heavy atom. The third-order valence-electron chi connectivity index (χ3n) is 4.29. The van der Waals surface area contributed by atoms with E-state index in [1.807, 2.05) is 36.6 Å². The van der Waals surface area contributed by atoms with E-state index in [1.165, 1.54) is 41.6 Å². The molecule has 4 rings (SSSR count). The number of ether oxygens (including phenoxy) is 1. The number of thiophene rings is 1. The number of halogens is 1. The highest BCUT2D eigenvalue weighted by Crippen LogP contribution is 2.38. The van der Waals surface area contributed by atoms with E-state index in [0.29, 0.717) is 23.1 Å². The van der Waals surface area contributed by atoms with E-state index in [-0.39, 0.29) is 17.5 Å². The maximum absolute atomic E-state index is 13.3. The van der Waals surface area contributed by atoms with Gasteiger partial charge in [-0.3, -0.25) is 4.79 Å². The fourth-order valence-corrected chi connectivity index (χ4v) is 4.76. The van der Waals surface area contributed by atoms with Crippen molar-refractivity contribution in [3.8, 4) is 16.9 Å². The molecule has 2 aromatic carbocycles. The summed E-state index contributed by atoms with van der Waals surface area (Å²) in [7, 11) is 0. The lowest BCUT2D eigenvalue weighted by molar-refractivity contribution is -0.113. The van der Waals surface area contributed by atoms with Crippen LogP contribution in [0.25, 0.3) is 21.3 Å². The summed E-state index contributed by atoms with van der Waals surface area (Å²) in [6.07, 6.45) is 1.50. The minimum absolute atomic E-state index is 0.155. The molecule has 1 amide bonds. The van der Waals surface area contributed by atoms with Crippen molar-refractivity contribution in [3.63, 3.8) is 0 Å². The second-order valence-electron chi connectivity index (χ2n) is 6.28. The number of thioether (sulfide) groups is 1. The number of nitrogens with zero attached hydrogens (tertiary/aromatic N) is 2. The van der Waals surface area contributed by atoms with Crippen LogP contribution in [0.5, 0.6) is 5.75 Å². The molecule has 8 heteroatoms. The van der Waals surface area contributed by atoms with Crippen LogP contribution in [0, 0.1) is 5.82 Å². The predicted molar refractivity (Wildman–Crippen MR) is 120 cm³/mol. The van der Waals surface area contributed by atoms with Crippen molar-refractivity contribution in [2.75, 3.05) is 17.7 Å². The Kier molecular flexibility index (Phi) is 6.25. The average molecular weight is 440 g/mol. The van der Waals surface area contributed by atoms with Gasteiger partial charge >= 0.3 is 0 Å². The van der Waals surface area contributed by atoms with Crippen LogP contribution < -0.4 is 10.1 Å². The summed E-state index contributed by atoms with van der Waals surface area (Å²) < 4.78 is 18.9. The molecule has 5 nitrogen and oxygen atoms in total. The van der Waals surface area contributed by atoms with Crippen molar-refractivity contribution in [3.05, 3.63) is 66.1 Å². The molecule has 0 saturated heterocycles. The van der Waals surface area contributed by atoms with Crippen molar-refractivity contribution in [1.82, 2.24) is 9.97 Å². The second-order valence-corrected chi connectivity index (χ2v) is 8.10. The van der Waals surface area contributed by atoms with Gasteiger partial charge in [0.05, 0.1) is 23.4 Å². The topological polar surface area (TPSA) is 64.1 Å². The lowest BCUT2D eigenvalue weighted by Gasteiger charge is -2.11. The van der Waals surface area contributed by atoms with Crippen LogP contribution in [-0.4, -0.2) is 28.2 Å². The van der Waals surface area contributed by atoms with Gasteiger partial charge in [-0.15, -0.1) is 11.3 Å². The standard InChI is InChI=1S/C22H18FN3O2S2/c1-2-28-18-6-4-3-5-17(18)26-19(27)12-30-22-20-16(11-29-21(20)24-13-25-22)14-7-9-15(23)10-8-14/h3-11,13H,2,12H2,1H3,(H,26,27). The lowest BCUT2D eigenvalue weighted by atomic mass is 10.1. The lowest BCUT2D eigenvalue weighted by Crippen LogP contribution is -2.15. The molecule has 0 bridgehead atoms. The Morgan fingerprint density at radius 1 is 1.17 bits per heavy atom. The molecule has 2 aromatic heterocycles. The summed E-state index contributed by atoms with van der Waals surface area (Å²) in [5, 5.41) is 6.47.